The minimum absolute atomic E-state index is 0.00299. The van der Waals surface area contributed by atoms with Crippen LogP contribution in [0, 0.1) is 11.8 Å². The average Bonchev–Trinajstić information content (AvgIpc) is 3.28. The molecule has 7 atom stereocenters. The number of hydrazone groups is 1. The van der Waals surface area contributed by atoms with Gasteiger partial charge in [-0.2, -0.15) is 5.10 Å². The molecule has 2 aliphatic carbocycles. The van der Waals surface area contributed by atoms with Crippen LogP contribution in [-0.2, 0) is 28.5 Å². The molecule has 0 bridgehead atoms. The van der Waals surface area contributed by atoms with Crippen LogP contribution in [0.15, 0.2) is 5.10 Å². The van der Waals surface area contributed by atoms with E-state index in [0.29, 0.717) is 12.8 Å². The molecule has 3 rings (SSSR count). The number of nitrogens with zero attached hydrogens (tertiary/aromatic N) is 2. The van der Waals surface area contributed by atoms with Crippen molar-refractivity contribution in [3.8, 4) is 0 Å². The van der Waals surface area contributed by atoms with Crippen LogP contribution in [0.2, 0.25) is 0 Å². The molecule has 0 radical (unpaired) electrons. The Hall–Kier alpha value is -1.55. The van der Waals surface area contributed by atoms with E-state index in [-0.39, 0.29) is 61.0 Å². The van der Waals surface area contributed by atoms with Crippen molar-refractivity contribution in [2.75, 3.05) is 28.4 Å². The molecule has 1 aliphatic heterocycles. The summed E-state index contributed by atoms with van der Waals surface area (Å²) in [6, 6.07) is -0.0960. The van der Waals surface area contributed by atoms with Crippen LogP contribution in [0.3, 0.4) is 0 Å². The summed E-state index contributed by atoms with van der Waals surface area (Å²) in [7, 11) is 6.86. The van der Waals surface area contributed by atoms with E-state index in [2.05, 4.69) is 0 Å². The third kappa shape index (κ3) is 6.12. The second-order valence-corrected chi connectivity index (χ2v) is 9.48. The highest BCUT2D eigenvalue weighted by Crippen LogP contribution is 2.40. The predicted molar refractivity (Wildman–Crippen MR) is 122 cm³/mol. The van der Waals surface area contributed by atoms with Crippen LogP contribution in [0.1, 0.15) is 64.2 Å². The predicted octanol–water partition coefficient (Wildman–Crippen LogP) is 2.86. The van der Waals surface area contributed by atoms with Gasteiger partial charge in [0.1, 0.15) is 0 Å². The molecule has 1 N–H and O–H groups in total. The van der Waals surface area contributed by atoms with E-state index in [0.717, 1.165) is 44.2 Å². The lowest BCUT2D eigenvalue weighted by atomic mass is 9.75. The smallest absolute Gasteiger partial charge is 0.303 e. The number of carbonyl (C=O) groups is 2. The maximum absolute atomic E-state index is 13.2. The fraction of sp³-hybridized carbons (Fsp3) is 0.875. The van der Waals surface area contributed by atoms with Gasteiger partial charge in [-0.05, 0) is 38.5 Å². The number of carbonyl (C=O) groups excluding carboxylic acids is 1. The second-order valence-electron chi connectivity index (χ2n) is 9.48. The van der Waals surface area contributed by atoms with Crippen molar-refractivity contribution in [1.29, 1.82) is 0 Å². The minimum atomic E-state index is -0.889. The summed E-state index contributed by atoms with van der Waals surface area (Å²) in [5, 5.41) is 15.5. The first-order chi connectivity index (χ1) is 15.9. The molecule has 0 aromatic rings. The molecule has 9 nitrogen and oxygen atoms in total. The van der Waals surface area contributed by atoms with Crippen LogP contribution in [0.5, 0.6) is 0 Å². The van der Waals surface area contributed by atoms with Crippen LogP contribution < -0.4 is 0 Å². The maximum atomic E-state index is 13.2. The molecule has 2 fully saturated rings. The van der Waals surface area contributed by atoms with Crippen molar-refractivity contribution in [3.05, 3.63) is 0 Å². The third-order valence-electron chi connectivity index (χ3n) is 7.70. The lowest BCUT2D eigenvalue weighted by molar-refractivity contribution is -0.140. The zero-order valence-corrected chi connectivity index (χ0v) is 20.4. The Labute approximate surface area is 196 Å². The van der Waals surface area contributed by atoms with E-state index in [4.69, 9.17) is 29.2 Å². The first-order valence-electron chi connectivity index (χ1n) is 12.2. The summed E-state index contributed by atoms with van der Waals surface area (Å²) in [6.07, 6.45) is 6.73. The number of hydrogen-bond acceptors (Lipinski definition) is 7. The zero-order valence-electron chi connectivity index (χ0n) is 20.4. The van der Waals surface area contributed by atoms with E-state index in [1.54, 1.807) is 33.4 Å². The summed E-state index contributed by atoms with van der Waals surface area (Å²) in [5.41, 5.74) is 1.04. The molecule has 188 valence electrons. The van der Waals surface area contributed by atoms with Gasteiger partial charge < -0.3 is 24.1 Å². The van der Waals surface area contributed by atoms with Gasteiger partial charge in [0, 0.05) is 65.2 Å². The van der Waals surface area contributed by atoms with Gasteiger partial charge in [-0.15, -0.1) is 0 Å². The molecule has 9 heteroatoms. The van der Waals surface area contributed by atoms with E-state index < -0.39 is 5.97 Å². The van der Waals surface area contributed by atoms with E-state index in [1.165, 1.54) is 0 Å². The molecule has 0 saturated heterocycles. The summed E-state index contributed by atoms with van der Waals surface area (Å²) >= 11 is 0. The second kappa shape index (κ2) is 12.2. The summed E-state index contributed by atoms with van der Waals surface area (Å²) < 4.78 is 22.9. The van der Waals surface area contributed by atoms with Crippen molar-refractivity contribution >= 4 is 17.6 Å². The molecule has 0 spiro atoms. The Bertz CT molecular complexity index is 700. The molecule has 7 unspecified atom stereocenters. The Balaban J connectivity index is 1.79. The number of methoxy groups -OCH3 is 4. The fourth-order valence-electron chi connectivity index (χ4n) is 5.95. The highest BCUT2D eigenvalue weighted by molar-refractivity contribution is 5.92. The Morgan fingerprint density at radius 1 is 0.939 bits per heavy atom. The maximum Gasteiger partial charge on any atom is 0.303 e. The van der Waals surface area contributed by atoms with Crippen molar-refractivity contribution in [3.63, 3.8) is 0 Å². The van der Waals surface area contributed by atoms with Gasteiger partial charge in [-0.25, -0.2) is 5.01 Å². The Morgan fingerprint density at radius 3 is 2.30 bits per heavy atom. The van der Waals surface area contributed by atoms with Crippen LogP contribution in [-0.4, -0.2) is 86.6 Å². The van der Waals surface area contributed by atoms with E-state index in [1.807, 2.05) is 0 Å². The lowest BCUT2D eigenvalue weighted by Gasteiger charge is -2.41. The molecular formula is C24H40N2O7. The van der Waals surface area contributed by atoms with Crippen molar-refractivity contribution in [1.82, 2.24) is 5.01 Å². The largest absolute Gasteiger partial charge is 0.481 e. The molecular weight excluding hydrogens is 428 g/mol. The van der Waals surface area contributed by atoms with Gasteiger partial charge in [-0.1, -0.05) is 6.42 Å². The average molecular weight is 469 g/mol. The van der Waals surface area contributed by atoms with Crippen LogP contribution >= 0.6 is 0 Å². The third-order valence-corrected chi connectivity index (χ3v) is 7.70. The molecule has 1 heterocycles. The highest BCUT2D eigenvalue weighted by atomic mass is 16.5. The van der Waals surface area contributed by atoms with E-state index >= 15 is 0 Å². The summed E-state index contributed by atoms with van der Waals surface area (Å²) in [6.45, 7) is 0. The van der Waals surface area contributed by atoms with Crippen molar-refractivity contribution < 1.29 is 33.6 Å². The molecule has 2 saturated carbocycles. The fourth-order valence-corrected chi connectivity index (χ4v) is 5.95. The number of carboxylic acid groups (broad SMARTS) is 1. The van der Waals surface area contributed by atoms with Gasteiger partial charge in [0.15, 0.2) is 0 Å². The number of rotatable bonds is 10. The van der Waals surface area contributed by atoms with Gasteiger partial charge in [0.25, 0.3) is 0 Å². The van der Waals surface area contributed by atoms with Gasteiger partial charge >= 0.3 is 5.97 Å². The Kier molecular flexibility index (Phi) is 9.67. The molecule has 33 heavy (non-hydrogen) atoms. The summed E-state index contributed by atoms with van der Waals surface area (Å²) in [4.78, 5) is 24.1. The molecule has 0 aromatic carbocycles. The quantitative estimate of drug-likeness (QED) is 0.525. The van der Waals surface area contributed by atoms with Crippen molar-refractivity contribution in [2.24, 2.45) is 16.9 Å². The first-order valence-corrected chi connectivity index (χ1v) is 12.2. The zero-order chi connectivity index (χ0) is 24.0. The number of aliphatic carboxylic acids is 1. The number of ether oxygens (including phenoxy) is 4. The lowest BCUT2D eigenvalue weighted by Crippen LogP contribution is -2.50. The summed E-state index contributed by atoms with van der Waals surface area (Å²) in [5.74, 6) is -0.643. The van der Waals surface area contributed by atoms with Crippen LogP contribution in [0.25, 0.3) is 0 Å². The highest BCUT2D eigenvalue weighted by Gasteiger charge is 2.46. The van der Waals surface area contributed by atoms with Crippen molar-refractivity contribution in [2.45, 2.75) is 94.7 Å². The minimum Gasteiger partial charge on any atom is -0.481 e. The standard InChI is InChI=1S/C24H40N2O7/c1-30-19-12-11-15(13-21(19)32-3)17-14-18(16-7-5-8-20(31-2)24(16)33-4)26(25-17)22(27)9-6-10-23(28)29/h15-16,18-21,24H,5-14H2,1-4H3,(H,28,29). The van der Waals surface area contributed by atoms with E-state index in [9.17, 15) is 9.59 Å². The van der Waals surface area contributed by atoms with Gasteiger partial charge in [-0.3, -0.25) is 9.59 Å². The molecule has 1 amide bonds. The number of carboxylic acids is 1. The van der Waals surface area contributed by atoms with Crippen LogP contribution in [0.4, 0.5) is 0 Å². The molecule has 3 aliphatic rings. The Morgan fingerprint density at radius 2 is 1.67 bits per heavy atom. The van der Waals surface area contributed by atoms with Gasteiger partial charge in [0.05, 0.1) is 30.5 Å². The normalized spacial score (nSPS) is 34.8. The topological polar surface area (TPSA) is 107 Å². The number of amides is 1. The SMILES string of the molecule is COC1CCC(C2=NN(C(=O)CCCC(=O)O)C(C3CCCC(OC)C3OC)C2)CC1OC. The number of hydrogen-bond donors (Lipinski definition) is 1. The monoisotopic (exact) mass is 468 g/mol. The van der Waals surface area contributed by atoms with Gasteiger partial charge in [0.2, 0.25) is 5.91 Å². The molecule has 0 aromatic heterocycles. The first kappa shape index (κ1) is 26.1.